The van der Waals surface area contributed by atoms with Crippen molar-refractivity contribution in [1.82, 2.24) is 4.98 Å². The molecule has 2 aromatic rings. The van der Waals surface area contributed by atoms with Crippen LogP contribution in [0.1, 0.15) is 21.5 Å². The Morgan fingerprint density at radius 3 is 2.67 bits per heavy atom. The van der Waals surface area contributed by atoms with Gasteiger partial charge in [-0.15, -0.1) is 0 Å². The van der Waals surface area contributed by atoms with E-state index in [2.05, 4.69) is 4.98 Å². The molecule has 0 radical (unpaired) electrons. The van der Waals surface area contributed by atoms with Gasteiger partial charge in [-0.05, 0) is 48.4 Å². The fourth-order valence-electron chi connectivity index (χ4n) is 1.51. The highest BCUT2D eigenvalue weighted by Gasteiger charge is 2.08. The minimum absolute atomic E-state index is 0.241. The largest absolute Gasteiger partial charge is 0.457 e. The van der Waals surface area contributed by atoms with Crippen molar-refractivity contribution in [3.05, 3.63) is 59.4 Å². The molecule has 0 atom stereocenters. The van der Waals surface area contributed by atoms with Gasteiger partial charge in [0.25, 0.3) is 0 Å². The second-order valence-corrected chi connectivity index (χ2v) is 4.00. The molecule has 0 bridgehead atoms. The lowest BCUT2D eigenvalue weighted by Crippen LogP contribution is -2.06. The number of aromatic nitrogens is 1. The number of anilines is 1. The number of carbonyl (C=O) groups excluding carboxylic acids is 1. The molecule has 0 spiro atoms. The standard InChI is InChI=1S/C14H14N2O2/c1-10-8-12(2-3-13(10)15)14(17)18-9-11-4-6-16-7-5-11/h2-8H,9,15H2,1H3. The van der Waals surface area contributed by atoms with Crippen LogP contribution in [0.2, 0.25) is 0 Å². The minimum Gasteiger partial charge on any atom is -0.457 e. The average Bonchev–Trinajstić information content (AvgIpc) is 2.40. The van der Waals surface area contributed by atoms with Gasteiger partial charge in [0.05, 0.1) is 5.56 Å². The molecule has 0 aliphatic rings. The molecule has 0 aliphatic heterocycles. The maximum absolute atomic E-state index is 11.8. The van der Waals surface area contributed by atoms with E-state index >= 15 is 0 Å². The highest BCUT2D eigenvalue weighted by molar-refractivity contribution is 5.90. The summed E-state index contributed by atoms with van der Waals surface area (Å²) in [6, 6.07) is 8.71. The monoisotopic (exact) mass is 242 g/mol. The van der Waals surface area contributed by atoms with Gasteiger partial charge >= 0.3 is 5.97 Å². The van der Waals surface area contributed by atoms with E-state index in [1.807, 2.05) is 19.1 Å². The van der Waals surface area contributed by atoms with Gasteiger partial charge in [-0.25, -0.2) is 4.79 Å². The second-order valence-electron chi connectivity index (χ2n) is 4.00. The molecule has 2 rings (SSSR count). The predicted octanol–water partition coefficient (Wildman–Crippen LogP) is 2.33. The Balaban J connectivity index is 2.02. The Labute approximate surface area is 105 Å². The highest BCUT2D eigenvalue weighted by atomic mass is 16.5. The zero-order valence-electron chi connectivity index (χ0n) is 10.1. The first-order valence-electron chi connectivity index (χ1n) is 5.59. The first-order chi connectivity index (χ1) is 8.66. The van der Waals surface area contributed by atoms with Crippen LogP contribution in [-0.4, -0.2) is 11.0 Å². The lowest BCUT2D eigenvalue weighted by atomic mass is 10.1. The molecule has 4 nitrogen and oxygen atoms in total. The third kappa shape index (κ3) is 2.85. The molecule has 92 valence electrons. The van der Waals surface area contributed by atoms with Crippen LogP contribution in [0.3, 0.4) is 0 Å². The number of pyridine rings is 1. The summed E-state index contributed by atoms with van der Waals surface area (Å²) in [5.74, 6) is -0.352. The summed E-state index contributed by atoms with van der Waals surface area (Å²) in [6.07, 6.45) is 3.33. The van der Waals surface area contributed by atoms with Gasteiger partial charge in [-0.1, -0.05) is 0 Å². The summed E-state index contributed by atoms with van der Waals surface area (Å²) >= 11 is 0. The van der Waals surface area contributed by atoms with E-state index < -0.39 is 0 Å². The van der Waals surface area contributed by atoms with Crippen molar-refractivity contribution >= 4 is 11.7 Å². The van der Waals surface area contributed by atoms with Gasteiger partial charge in [0.15, 0.2) is 0 Å². The quantitative estimate of drug-likeness (QED) is 0.662. The summed E-state index contributed by atoms with van der Waals surface area (Å²) in [5, 5.41) is 0. The first-order valence-corrected chi connectivity index (χ1v) is 5.59. The summed E-state index contributed by atoms with van der Waals surface area (Å²) in [4.78, 5) is 15.7. The van der Waals surface area contributed by atoms with E-state index in [-0.39, 0.29) is 12.6 Å². The molecule has 2 N–H and O–H groups in total. The van der Waals surface area contributed by atoms with Crippen LogP contribution in [0.5, 0.6) is 0 Å². The van der Waals surface area contributed by atoms with Crippen molar-refractivity contribution < 1.29 is 9.53 Å². The molecular weight excluding hydrogens is 228 g/mol. The van der Waals surface area contributed by atoms with Crippen LogP contribution >= 0.6 is 0 Å². The van der Waals surface area contributed by atoms with Gasteiger partial charge in [0.2, 0.25) is 0 Å². The Bertz CT molecular complexity index is 553. The van der Waals surface area contributed by atoms with Crippen LogP contribution in [0.25, 0.3) is 0 Å². The third-order valence-corrected chi connectivity index (χ3v) is 2.62. The van der Waals surface area contributed by atoms with E-state index in [0.717, 1.165) is 11.1 Å². The molecule has 18 heavy (non-hydrogen) atoms. The molecule has 0 saturated heterocycles. The molecule has 1 aromatic carbocycles. The fourth-order valence-corrected chi connectivity index (χ4v) is 1.51. The van der Waals surface area contributed by atoms with Crippen molar-refractivity contribution in [3.63, 3.8) is 0 Å². The van der Waals surface area contributed by atoms with Gasteiger partial charge in [-0.2, -0.15) is 0 Å². The molecule has 0 fully saturated rings. The van der Waals surface area contributed by atoms with E-state index in [1.165, 1.54) is 0 Å². The number of carbonyl (C=O) groups is 1. The number of benzene rings is 1. The predicted molar refractivity (Wildman–Crippen MR) is 68.9 cm³/mol. The number of hydrogen-bond donors (Lipinski definition) is 1. The normalized spacial score (nSPS) is 10.1. The maximum Gasteiger partial charge on any atom is 0.338 e. The first kappa shape index (κ1) is 12.1. The van der Waals surface area contributed by atoms with Crippen molar-refractivity contribution in [2.24, 2.45) is 0 Å². The summed E-state index contributed by atoms with van der Waals surface area (Å²) in [7, 11) is 0. The zero-order chi connectivity index (χ0) is 13.0. The lowest BCUT2D eigenvalue weighted by molar-refractivity contribution is 0.0472. The molecule has 1 aromatic heterocycles. The summed E-state index contributed by atoms with van der Waals surface area (Å²) < 4.78 is 5.20. The van der Waals surface area contributed by atoms with Crippen molar-refractivity contribution in [3.8, 4) is 0 Å². The van der Waals surface area contributed by atoms with E-state index in [1.54, 1.807) is 30.6 Å². The molecular formula is C14H14N2O2. The Hall–Kier alpha value is -2.36. The zero-order valence-corrected chi connectivity index (χ0v) is 10.1. The SMILES string of the molecule is Cc1cc(C(=O)OCc2ccncc2)ccc1N. The summed E-state index contributed by atoms with van der Waals surface area (Å²) in [5.41, 5.74) is 8.65. The van der Waals surface area contributed by atoms with E-state index in [4.69, 9.17) is 10.5 Å². The number of ether oxygens (including phenoxy) is 1. The Kier molecular flexibility index (Phi) is 3.57. The highest BCUT2D eigenvalue weighted by Crippen LogP contribution is 2.14. The molecule has 0 amide bonds. The number of rotatable bonds is 3. The minimum atomic E-state index is -0.352. The van der Waals surface area contributed by atoms with Crippen LogP contribution < -0.4 is 5.73 Å². The lowest BCUT2D eigenvalue weighted by Gasteiger charge is -2.06. The van der Waals surface area contributed by atoms with Gasteiger partial charge in [-0.3, -0.25) is 4.98 Å². The van der Waals surface area contributed by atoms with Gasteiger partial charge in [0.1, 0.15) is 6.61 Å². The molecule has 1 heterocycles. The van der Waals surface area contributed by atoms with Crippen molar-refractivity contribution in [2.45, 2.75) is 13.5 Å². The third-order valence-electron chi connectivity index (χ3n) is 2.62. The number of nitrogens with zero attached hydrogens (tertiary/aromatic N) is 1. The van der Waals surface area contributed by atoms with Gasteiger partial charge in [0, 0.05) is 18.1 Å². The number of esters is 1. The number of hydrogen-bond acceptors (Lipinski definition) is 4. The van der Waals surface area contributed by atoms with Crippen LogP contribution in [0.15, 0.2) is 42.7 Å². The fraction of sp³-hybridized carbons (Fsp3) is 0.143. The molecule has 4 heteroatoms. The Morgan fingerprint density at radius 1 is 1.28 bits per heavy atom. The second kappa shape index (κ2) is 5.31. The van der Waals surface area contributed by atoms with Crippen molar-refractivity contribution in [1.29, 1.82) is 0 Å². The number of nitrogen functional groups attached to an aromatic ring is 1. The number of nitrogens with two attached hydrogens (primary N) is 1. The molecule has 0 aliphatic carbocycles. The van der Waals surface area contributed by atoms with E-state index in [0.29, 0.717) is 11.3 Å². The molecule has 0 saturated carbocycles. The van der Waals surface area contributed by atoms with E-state index in [9.17, 15) is 4.79 Å². The summed E-state index contributed by atoms with van der Waals surface area (Å²) in [6.45, 7) is 2.10. The maximum atomic E-state index is 11.8. The smallest absolute Gasteiger partial charge is 0.338 e. The Morgan fingerprint density at radius 2 is 2.00 bits per heavy atom. The average molecular weight is 242 g/mol. The van der Waals surface area contributed by atoms with Crippen LogP contribution in [0, 0.1) is 6.92 Å². The topological polar surface area (TPSA) is 65.2 Å². The van der Waals surface area contributed by atoms with Crippen molar-refractivity contribution in [2.75, 3.05) is 5.73 Å². The molecule has 0 unspecified atom stereocenters. The number of aryl methyl sites for hydroxylation is 1. The van der Waals surface area contributed by atoms with Crippen LogP contribution in [0.4, 0.5) is 5.69 Å². The van der Waals surface area contributed by atoms with Crippen LogP contribution in [-0.2, 0) is 11.3 Å². The van der Waals surface area contributed by atoms with Gasteiger partial charge < -0.3 is 10.5 Å².